The van der Waals surface area contributed by atoms with E-state index in [1.54, 1.807) is 37.5 Å². The molecule has 2 aromatic carbocycles. The second-order valence-corrected chi connectivity index (χ2v) is 7.39. The molecule has 0 aliphatic rings. The summed E-state index contributed by atoms with van der Waals surface area (Å²) in [6.07, 6.45) is 1.63. The number of fused-ring (bicyclic) bond motifs is 1. The molecule has 0 bridgehead atoms. The molecule has 3 aromatic rings. The number of primary sulfonamides is 1. The fourth-order valence-electron chi connectivity index (χ4n) is 2.76. The summed E-state index contributed by atoms with van der Waals surface area (Å²) < 4.78 is 35.0. The summed E-state index contributed by atoms with van der Waals surface area (Å²) in [6.45, 7) is 2.46. The molecule has 0 radical (unpaired) electrons. The lowest BCUT2D eigenvalue weighted by Crippen LogP contribution is -2.12. The maximum absolute atomic E-state index is 12.0. The van der Waals surface area contributed by atoms with Crippen molar-refractivity contribution in [3.05, 3.63) is 53.9 Å². The Hall–Kier alpha value is -2.91. The molecule has 142 valence electrons. The Morgan fingerprint density at radius 2 is 1.93 bits per heavy atom. The Morgan fingerprint density at radius 1 is 1.22 bits per heavy atom. The van der Waals surface area contributed by atoms with Gasteiger partial charge in [0.1, 0.15) is 11.3 Å². The number of esters is 1. The number of nitrogens with zero attached hydrogens (tertiary/aromatic N) is 2. The van der Waals surface area contributed by atoms with Crippen LogP contribution in [0.4, 0.5) is 0 Å². The fourth-order valence-corrected chi connectivity index (χ4v) is 3.27. The zero-order chi connectivity index (χ0) is 19.6. The van der Waals surface area contributed by atoms with Crippen LogP contribution in [-0.2, 0) is 21.3 Å². The van der Waals surface area contributed by atoms with E-state index < -0.39 is 16.0 Å². The molecule has 2 N–H and O–H groups in total. The van der Waals surface area contributed by atoms with Crippen molar-refractivity contribution in [3.8, 4) is 5.75 Å². The van der Waals surface area contributed by atoms with Gasteiger partial charge in [-0.25, -0.2) is 23.3 Å². The second-order valence-electron chi connectivity index (χ2n) is 5.83. The van der Waals surface area contributed by atoms with E-state index in [0.717, 1.165) is 11.1 Å². The number of nitrogens with two attached hydrogens (primary N) is 1. The van der Waals surface area contributed by atoms with Gasteiger partial charge in [-0.3, -0.25) is 0 Å². The van der Waals surface area contributed by atoms with E-state index in [1.165, 1.54) is 19.2 Å². The van der Waals surface area contributed by atoms with Crippen LogP contribution in [0.2, 0.25) is 0 Å². The maximum atomic E-state index is 12.0. The minimum atomic E-state index is -3.73. The summed E-state index contributed by atoms with van der Waals surface area (Å²) in [5, 5.41) is 5.12. The molecule has 8 nitrogen and oxygen atoms in total. The first-order chi connectivity index (χ1) is 12.8. The SMILES string of the molecule is CCOC(=O)c1cc(OC)c2c(c1)ncn2Cc1ccc(S(N)(=O)=O)cc1. The zero-order valence-corrected chi connectivity index (χ0v) is 15.7. The summed E-state index contributed by atoms with van der Waals surface area (Å²) in [5.74, 6) is 0.0556. The van der Waals surface area contributed by atoms with Gasteiger partial charge in [0.05, 0.1) is 36.0 Å². The average molecular weight is 389 g/mol. The van der Waals surface area contributed by atoms with Gasteiger partial charge in [-0.15, -0.1) is 0 Å². The highest BCUT2D eigenvalue weighted by molar-refractivity contribution is 7.89. The lowest BCUT2D eigenvalue weighted by Gasteiger charge is -2.10. The van der Waals surface area contributed by atoms with Crippen LogP contribution in [0.3, 0.4) is 0 Å². The van der Waals surface area contributed by atoms with E-state index in [-0.39, 0.29) is 11.5 Å². The minimum Gasteiger partial charge on any atom is -0.494 e. The highest BCUT2D eigenvalue weighted by atomic mass is 32.2. The van der Waals surface area contributed by atoms with Gasteiger partial charge in [0, 0.05) is 6.54 Å². The molecule has 0 aliphatic heterocycles. The van der Waals surface area contributed by atoms with Crippen molar-refractivity contribution in [2.24, 2.45) is 5.14 Å². The number of carbonyl (C=O) groups excluding carboxylic acids is 1. The third-order valence-electron chi connectivity index (χ3n) is 4.01. The highest BCUT2D eigenvalue weighted by Gasteiger charge is 2.16. The first kappa shape index (κ1) is 18.9. The van der Waals surface area contributed by atoms with Crippen molar-refractivity contribution >= 4 is 27.0 Å². The van der Waals surface area contributed by atoms with E-state index in [2.05, 4.69) is 4.98 Å². The number of benzene rings is 2. The van der Waals surface area contributed by atoms with E-state index in [9.17, 15) is 13.2 Å². The lowest BCUT2D eigenvalue weighted by atomic mass is 10.1. The van der Waals surface area contributed by atoms with Gasteiger partial charge in [-0.1, -0.05) is 12.1 Å². The summed E-state index contributed by atoms with van der Waals surface area (Å²) >= 11 is 0. The molecule has 0 atom stereocenters. The van der Waals surface area contributed by atoms with Crippen LogP contribution >= 0.6 is 0 Å². The molecule has 1 aromatic heterocycles. The molecule has 0 amide bonds. The van der Waals surface area contributed by atoms with Crippen LogP contribution in [0.15, 0.2) is 47.6 Å². The topological polar surface area (TPSA) is 114 Å². The third kappa shape index (κ3) is 3.93. The monoisotopic (exact) mass is 389 g/mol. The first-order valence-electron chi connectivity index (χ1n) is 8.15. The van der Waals surface area contributed by atoms with E-state index >= 15 is 0 Å². The molecule has 0 aliphatic carbocycles. The standard InChI is InChI=1S/C18H19N3O5S/c1-3-26-18(22)13-8-15-17(16(9-13)25-2)21(11-20-15)10-12-4-6-14(7-5-12)27(19,23)24/h4-9,11H,3,10H2,1-2H3,(H2,19,23,24). The highest BCUT2D eigenvalue weighted by Crippen LogP contribution is 2.28. The summed E-state index contributed by atoms with van der Waals surface area (Å²) in [6, 6.07) is 9.55. The fraction of sp³-hybridized carbons (Fsp3) is 0.222. The molecule has 3 rings (SSSR count). The molecule has 9 heteroatoms. The van der Waals surface area contributed by atoms with Crippen LogP contribution in [-0.4, -0.2) is 37.7 Å². The zero-order valence-electron chi connectivity index (χ0n) is 14.9. The molecule has 0 unspecified atom stereocenters. The van der Waals surface area contributed by atoms with Gasteiger partial charge in [0.25, 0.3) is 0 Å². The number of rotatable bonds is 6. The van der Waals surface area contributed by atoms with E-state index in [4.69, 9.17) is 14.6 Å². The van der Waals surface area contributed by atoms with Gasteiger partial charge in [-0.05, 0) is 36.8 Å². The number of aromatic nitrogens is 2. The van der Waals surface area contributed by atoms with Crippen LogP contribution in [0.1, 0.15) is 22.8 Å². The average Bonchev–Trinajstić information content (AvgIpc) is 3.04. The molecule has 0 saturated heterocycles. The van der Waals surface area contributed by atoms with Gasteiger partial charge in [0.2, 0.25) is 10.0 Å². The molecule has 0 saturated carbocycles. The number of hydrogen-bond donors (Lipinski definition) is 1. The van der Waals surface area contributed by atoms with Crippen LogP contribution < -0.4 is 9.88 Å². The van der Waals surface area contributed by atoms with Crippen molar-refractivity contribution in [1.82, 2.24) is 9.55 Å². The molecule has 27 heavy (non-hydrogen) atoms. The summed E-state index contributed by atoms with van der Waals surface area (Å²) in [5.41, 5.74) is 2.54. The van der Waals surface area contributed by atoms with Crippen LogP contribution in [0.25, 0.3) is 11.0 Å². The second kappa shape index (κ2) is 7.37. The van der Waals surface area contributed by atoms with Gasteiger partial charge in [-0.2, -0.15) is 0 Å². The number of sulfonamides is 1. The molecular formula is C18H19N3O5S. The van der Waals surface area contributed by atoms with Crippen molar-refractivity contribution in [1.29, 1.82) is 0 Å². The van der Waals surface area contributed by atoms with Crippen molar-refractivity contribution in [3.63, 3.8) is 0 Å². The number of methoxy groups -OCH3 is 1. The van der Waals surface area contributed by atoms with E-state index in [1.807, 2.05) is 4.57 Å². The summed E-state index contributed by atoms with van der Waals surface area (Å²) in [7, 11) is -2.21. The quantitative estimate of drug-likeness (QED) is 0.644. The molecular weight excluding hydrogens is 370 g/mol. The number of ether oxygens (including phenoxy) is 2. The normalized spacial score (nSPS) is 11.5. The smallest absolute Gasteiger partial charge is 0.338 e. The van der Waals surface area contributed by atoms with E-state index in [0.29, 0.717) is 23.4 Å². The van der Waals surface area contributed by atoms with Crippen LogP contribution in [0, 0.1) is 0 Å². The minimum absolute atomic E-state index is 0.0541. The van der Waals surface area contributed by atoms with Crippen molar-refractivity contribution in [2.75, 3.05) is 13.7 Å². The molecule has 0 spiro atoms. The van der Waals surface area contributed by atoms with Gasteiger partial charge >= 0.3 is 5.97 Å². The number of carbonyl (C=O) groups is 1. The van der Waals surface area contributed by atoms with Gasteiger partial charge in [0.15, 0.2) is 0 Å². The predicted octanol–water partition coefficient (Wildman–Crippen LogP) is 1.92. The Labute approximate surface area is 156 Å². The molecule has 1 heterocycles. The van der Waals surface area contributed by atoms with Gasteiger partial charge < -0.3 is 14.0 Å². The predicted molar refractivity (Wildman–Crippen MR) is 99.2 cm³/mol. The number of imidazole rings is 1. The first-order valence-corrected chi connectivity index (χ1v) is 9.70. The summed E-state index contributed by atoms with van der Waals surface area (Å²) in [4.78, 5) is 16.4. The largest absolute Gasteiger partial charge is 0.494 e. The van der Waals surface area contributed by atoms with Crippen molar-refractivity contribution in [2.45, 2.75) is 18.4 Å². The Bertz CT molecular complexity index is 1090. The maximum Gasteiger partial charge on any atom is 0.338 e. The molecule has 0 fully saturated rings. The Balaban J connectivity index is 1.97. The Morgan fingerprint density at radius 3 is 2.52 bits per heavy atom. The Kier molecular flexibility index (Phi) is 5.15. The van der Waals surface area contributed by atoms with Crippen molar-refractivity contribution < 1.29 is 22.7 Å². The lowest BCUT2D eigenvalue weighted by molar-refractivity contribution is 0.0526. The third-order valence-corrected chi connectivity index (χ3v) is 4.94. The number of hydrogen-bond acceptors (Lipinski definition) is 6. The van der Waals surface area contributed by atoms with Crippen LogP contribution in [0.5, 0.6) is 5.75 Å².